The van der Waals surface area contributed by atoms with Crippen molar-refractivity contribution in [2.45, 2.75) is 16.3 Å². The molecule has 1 atom stereocenters. The van der Waals surface area contributed by atoms with Crippen LogP contribution in [0.5, 0.6) is 5.75 Å². The van der Waals surface area contributed by atoms with Crippen LogP contribution < -0.4 is 10.1 Å². The molecule has 8 heteroatoms. The lowest BCUT2D eigenvalue weighted by Gasteiger charge is -2.27. The highest BCUT2D eigenvalue weighted by Crippen LogP contribution is 2.39. The maximum Gasteiger partial charge on any atom is 0.342 e. The van der Waals surface area contributed by atoms with Crippen LogP contribution >= 0.6 is 34.8 Å². The van der Waals surface area contributed by atoms with Crippen molar-refractivity contribution in [1.82, 2.24) is 5.01 Å². The third-order valence-corrected chi connectivity index (χ3v) is 4.70. The average Bonchev–Trinajstić information content (AvgIpc) is 3.09. The van der Waals surface area contributed by atoms with Gasteiger partial charge in [0.25, 0.3) is 0 Å². The number of carbonyl (C=O) groups is 1. The van der Waals surface area contributed by atoms with Gasteiger partial charge in [0.2, 0.25) is 3.79 Å². The second-order valence-electron chi connectivity index (χ2n) is 5.68. The van der Waals surface area contributed by atoms with E-state index in [1.54, 1.807) is 19.2 Å². The molecule has 2 aromatic carbocycles. The molecule has 1 aliphatic heterocycles. The molecule has 1 N–H and O–H groups in total. The Kier molecular flexibility index (Phi) is 5.61. The van der Waals surface area contributed by atoms with Crippen LogP contribution in [0, 0.1) is 0 Å². The molecule has 0 saturated carbocycles. The quantitative estimate of drug-likeness (QED) is 0.715. The summed E-state index contributed by atoms with van der Waals surface area (Å²) < 4.78 is 3.48. The van der Waals surface area contributed by atoms with Gasteiger partial charge in [0, 0.05) is 12.1 Å². The van der Waals surface area contributed by atoms with Gasteiger partial charge in [-0.1, -0.05) is 53.0 Å². The molecule has 136 valence electrons. The molecule has 5 nitrogen and oxygen atoms in total. The van der Waals surface area contributed by atoms with Crippen LogP contribution in [-0.4, -0.2) is 33.7 Å². The summed E-state index contributed by atoms with van der Waals surface area (Å²) in [4.78, 5) is 12.7. The van der Waals surface area contributed by atoms with Gasteiger partial charge in [-0.25, -0.2) is 9.80 Å². The van der Waals surface area contributed by atoms with Gasteiger partial charge in [0.1, 0.15) is 11.8 Å². The fourth-order valence-corrected chi connectivity index (χ4v) is 3.12. The van der Waals surface area contributed by atoms with Crippen molar-refractivity contribution in [3.05, 3.63) is 60.2 Å². The lowest BCUT2D eigenvalue weighted by molar-refractivity contribution is 0.200. The summed E-state index contributed by atoms with van der Waals surface area (Å²) in [6.45, 7) is 0. The molecule has 0 fully saturated rings. The van der Waals surface area contributed by atoms with Crippen molar-refractivity contribution in [1.29, 1.82) is 0 Å². The molecule has 1 heterocycles. The lowest BCUT2D eigenvalue weighted by atomic mass is 10.0. The van der Waals surface area contributed by atoms with Gasteiger partial charge in [-0.2, -0.15) is 5.10 Å². The lowest BCUT2D eigenvalue weighted by Crippen LogP contribution is -2.43. The van der Waals surface area contributed by atoms with E-state index in [0.29, 0.717) is 17.8 Å². The number of amides is 2. The maximum atomic E-state index is 12.7. The normalized spacial score (nSPS) is 17.0. The number of hydrazone groups is 1. The molecule has 1 unspecified atom stereocenters. The van der Waals surface area contributed by atoms with Gasteiger partial charge >= 0.3 is 6.03 Å². The number of benzene rings is 2. The summed E-state index contributed by atoms with van der Waals surface area (Å²) >= 11 is 18.3. The number of urea groups is 1. The molecular formula is C18H16Cl3N3O2. The van der Waals surface area contributed by atoms with E-state index in [-0.39, 0.29) is 0 Å². The first kappa shape index (κ1) is 18.8. The molecule has 1 aliphatic rings. The minimum absolute atomic E-state index is 0.324. The molecule has 3 rings (SSSR count). The van der Waals surface area contributed by atoms with E-state index >= 15 is 0 Å². The highest BCUT2D eigenvalue weighted by atomic mass is 35.6. The molecule has 0 aliphatic carbocycles. The Morgan fingerprint density at radius 3 is 2.38 bits per heavy atom. The Labute approximate surface area is 166 Å². The third kappa shape index (κ3) is 4.23. The van der Waals surface area contributed by atoms with Crippen LogP contribution in [0.15, 0.2) is 59.7 Å². The molecule has 2 amide bonds. The molecule has 0 radical (unpaired) electrons. The van der Waals surface area contributed by atoms with Crippen molar-refractivity contribution in [2.75, 3.05) is 12.4 Å². The number of carbonyl (C=O) groups excluding carboxylic acids is 1. The first-order valence-corrected chi connectivity index (χ1v) is 8.96. The number of nitrogens with one attached hydrogen (secondary N) is 1. The summed E-state index contributed by atoms with van der Waals surface area (Å²) in [5, 5.41) is 8.36. The fraction of sp³-hybridized carbons (Fsp3) is 0.222. The summed E-state index contributed by atoms with van der Waals surface area (Å²) in [5.41, 5.74) is 2.13. The minimum atomic E-state index is -1.67. The Bertz CT molecular complexity index is 805. The van der Waals surface area contributed by atoms with E-state index in [4.69, 9.17) is 39.5 Å². The van der Waals surface area contributed by atoms with Crippen molar-refractivity contribution >= 4 is 52.2 Å². The molecular weight excluding hydrogens is 397 g/mol. The highest BCUT2D eigenvalue weighted by molar-refractivity contribution is 6.68. The minimum Gasteiger partial charge on any atom is -0.497 e. The standard InChI is InChI=1S/C18H16Cl3N3O2/c1-26-14-9-7-12(8-10-14)15-11-16(18(19,20)21)24(23-15)17(25)22-13-5-3-2-4-6-13/h2-10,16H,11H2,1H3,(H,22,25). The van der Waals surface area contributed by atoms with E-state index in [1.807, 2.05) is 42.5 Å². The Hall–Kier alpha value is -1.95. The fourth-order valence-electron chi connectivity index (χ4n) is 2.61. The number of nitrogens with zero attached hydrogens (tertiary/aromatic N) is 2. The van der Waals surface area contributed by atoms with Crippen molar-refractivity contribution in [2.24, 2.45) is 5.10 Å². The number of hydrogen-bond acceptors (Lipinski definition) is 3. The first-order valence-electron chi connectivity index (χ1n) is 7.82. The van der Waals surface area contributed by atoms with Gasteiger partial charge in [0.15, 0.2) is 0 Å². The highest BCUT2D eigenvalue weighted by Gasteiger charge is 2.44. The second-order valence-corrected chi connectivity index (χ2v) is 8.05. The number of para-hydroxylation sites is 1. The monoisotopic (exact) mass is 411 g/mol. The molecule has 0 aromatic heterocycles. The van der Waals surface area contributed by atoms with E-state index in [2.05, 4.69) is 10.4 Å². The molecule has 0 saturated heterocycles. The predicted molar refractivity (Wildman–Crippen MR) is 106 cm³/mol. The maximum absolute atomic E-state index is 12.7. The second kappa shape index (κ2) is 7.74. The SMILES string of the molecule is COc1ccc(C2=NN(C(=O)Nc3ccccc3)C(C(Cl)(Cl)Cl)C2)cc1. The van der Waals surface area contributed by atoms with Gasteiger partial charge < -0.3 is 10.1 Å². The van der Waals surface area contributed by atoms with Crippen LogP contribution in [0.25, 0.3) is 0 Å². The number of methoxy groups -OCH3 is 1. The summed E-state index contributed by atoms with van der Waals surface area (Å²) in [5.74, 6) is 0.726. The smallest absolute Gasteiger partial charge is 0.342 e. The topological polar surface area (TPSA) is 53.9 Å². The number of hydrogen-bond donors (Lipinski definition) is 1. The number of anilines is 1. The van der Waals surface area contributed by atoms with E-state index in [1.165, 1.54) is 5.01 Å². The van der Waals surface area contributed by atoms with Gasteiger partial charge in [-0.05, 0) is 42.0 Å². The Balaban J connectivity index is 1.86. The third-order valence-electron chi connectivity index (χ3n) is 3.94. The van der Waals surface area contributed by atoms with Crippen LogP contribution in [0.2, 0.25) is 0 Å². The Morgan fingerprint density at radius 2 is 1.81 bits per heavy atom. The molecule has 0 spiro atoms. The number of halogens is 3. The summed E-state index contributed by atoms with van der Waals surface area (Å²) in [7, 11) is 1.59. The Morgan fingerprint density at radius 1 is 1.15 bits per heavy atom. The van der Waals surface area contributed by atoms with Crippen molar-refractivity contribution in [3.63, 3.8) is 0 Å². The summed E-state index contributed by atoms with van der Waals surface area (Å²) in [6.07, 6.45) is 0.324. The number of alkyl halides is 3. The van der Waals surface area contributed by atoms with Crippen LogP contribution in [0.1, 0.15) is 12.0 Å². The summed E-state index contributed by atoms with van der Waals surface area (Å²) in [6, 6.07) is 15.2. The van der Waals surface area contributed by atoms with E-state index in [9.17, 15) is 4.79 Å². The van der Waals surface area contributed by atoms with Crippen molar-refractivity contribution < 1.29 is 9.53 Å². The first-order chi connectivity index (χ1) is 12.4. The van der Waals surface area contributed by atoms with Crippen LogP contribution in [0.3, 0.4) is 0 Å². The zero-order chi connectivity index (χ0) is 18.7. The van der Waals surface area contributed by atoms with Crippen LogP contribution in [-0.2, 0) is 0 Å². The zero-order valence-electron chi connectivity index (χ0n) is 13.8. The van der Waals surface area contributed by atoms with Crippen LogP contribution in [0.4, 0.5) is 10.5 Å². The van der Waals surface area contributed by atoms with Crippen molar-refractivity contribution in [3.8, 4) is 5.75 Å². The number of ether oxygens (including phenoxy) is 1. The molecule has 26 heavy (non-hydrogen) atoms. The molecule has 2 aromatic rings. The van der Waals surface area contributed by atoms with Gasteiger partial charge in [-0.3, -0.25) is 0 Å². The van der Waals surface area contributed by atoms with Gasteiger partial charge in [-0.15, -0.1) is 0 Å². The zero-order valence-corrected chi connectivity index (χ0v) is 16.1. The van der Waals surface area contributed by atoms with E-state index in [0.717, 1.165) is 11.3 Å². The largest absolute Gasteiger partial charge is 0.497 e. The predicted octanol–water partition coefficient (Wildman–Crippen LogP) is 5.08. The average molecular weight is 413 g/mol. The number of rotatable bonds is 3. The van der Waals surface area contributed by atoms with Gasteiger partial charge in [0.05, 0.1) is 12.8 Å². The van der Waals surface area contributed by atoms with E-state index < -0.39 is 15.9 Å². The molecule has 0 bridgehead atoms.